The quantitative estimate of drug-likeness (QED) is 0.398. The first-order valence-corrected chi connectivity index (χ1v) is 8.29. The predicted octanol–water partition coefficient (Wildman–Crippen LogP) is 4.69. The second-order valence-corrected chi connectivity index (χ2v) is 5.64. The van der Waals surface area contributed by atoms with Crippen LogP contribution in [0.15, 0.2) is 59.8 Å². The summed E-state index contributed by atoms with van der Waals surface area (Å²) in [5.74, 6) is 1.69. The van der Waals surface area contributed by atoms with E-state index in [-0.39, 0.29) is 0 Å². The van der Waals surface area contributed by atoms with Gasteiger partial charge in [-0.3, -0.25) is 0 Å². The van der Waals surface area contributed by atoms with Crippen LogP contribution in [-0.2, 0) is 4.84 Å². The van der Waals surface area contributed by atoms with Crippen LogP contribution in [0.2, 0.25) is 0 Å². The molecule has 0 aliphatic carbocycles. The van der Waals surface area contributed by atoms with Gasteiger partial charge < -0.3 is 14.3 Å². The summed E-state index contributed by atoms with van der Waals surface area (Å²) in [5, 5.41) is 4.10. The average molecular weight is 339 g/mol. The molecule has 0 bridgehead atoms. The molecule has 132 valence electrons. The number of oxime groups is 1. The second-order valence-electron chi connectivity index (χ2n) is 5.64. The van der Waals surface area contributed by atoms with Gasteiger partial charge in [0.1, 0.15) is 37.5 Å². The van der Waals surface area contributed by atoms with E-state index in [1.165, 1.54) is 7.11 Å². The van der Waals surface area contributed by atoms with Crippen LogP contribution in [0.3, 0.4) is 0 Å². The minimum Gasteiger partial charge on any atom is -0.490 e. The predicted molar refractivity (Wildman–Crippen MR) is 102 cm³/mol. The fraction of sp³-hybridized carbons (Fsp3) is 0.286. The maximum absolute atomic E-state index is 6.04. The smallest absolute Gasteiger partial charge is 0.134 e. The van der Waals surface area contributed by atoms with Gasteiger partial charge in [0.25, 0.3) is 0 Å². The molecule has 0 spiro atoms. The Hall–Kier alpha value is -2.75. The van der Waals surface area contributed by atoms with Crippen LogP contribution >= 0.6 is 0 Å². The molecule has 0 unspecified atom stereocenters. The summed E-state index contributed by atoms with van der Waals surface area (Å²) in [6.45, 7) is 6.90. The molecular formula is C21H25NO3. The summed E-state index contributed by atoms with van der Waals surface area (Å²) in [7, 11) is 1.54. The number of benzene rings is 2. The Kier molecular flexibility index (Phi) is 7.08. The zero-order valence-electron chi connectivity index (χ0n) is 15.3. The monoisotopic (exact) mass is 339 g/mol. The maximum Gasteiger partial charge on any atom is 0.134 e. The van der Waals surface area contributed by atoms with Gasteiger partial charge in [0.15, 0.2) is 0 Å². The van der Waals surface area contributed by atoms with Crippen molar-refractivity contribution in [2.24, 2.45) is 5.16 Å². The summed E-state index contributed by atoms with van der Waals surface area (Å²) < 4.78 is 11.7. The van der Waals surface area contributed by atoms with Crippen molar-refractivity contribution in [2.45, 2.75) is 20.8 Å². The van der Waals surface area contributed by atoms with Crippen LogP contribution in [-0.4, -0.2) is 26.0 Å². The Balaban J connectivity index is 2.12. The molecule has 2 aromatic rings. The van der Waals surface area contributed by atoms with Gasteiger partial charge in [-0.05, 0) is 44.0 Å². The summed E-state index contributed by atoms with van der Waals surface area (Å²) in [5.41, 5.74) is 3.78. The average Bonchev–Trinajstić information content (AvgIpc) is 2.61. The Labute approximate surface area is 149 Å². The molecular weight excluding hydrogens is 314 g/mol. The van der Waals surface area contributed by atoms with Crippen LogP contribution in [0.1, 0.15) is 23.6 Å². The number of nitrogens with zero attached hydrogens (tertiary/aromatic N) is 1. The molecule has 0 saturated heterocycles. The Bertz CT molecular complexity index is 713. The van der Waals surface area contributed by atoms with E-state index in [0.29, 0.717) is 13.2 Å². The molecule has 0 aromatic heterocycles. The lowest BCUT2D eigenvalue weighted by Crippen LogP contribution is -2.14. The van der Waals surface area contributed by atoms with Crippen molar-refractivity contribution in [1.82, 2.24) is 0 Å². The van der Waals surface area contributed by atoms with Crippen LogP contribution in [0, 0.1) is 13.8 Å². The molecule has 0 N–H and O–H groups in total. The van der Waals surface area contributed by atoms with Crippen LogP contribution in [0.25, 0.3) is 0 Å². The van der Waals surface area contributed by atoms with Gasteiger partial charge >= 0.3 is 0 Å². The normalized spacial score (nSPS) is 11.6. The van der Waals surface area contributed by atoms with Gasteiger partial charge in [-0.15, -0.1) is 0 Å². The first kappa shape index (κ1) is 18.6. The topological polar surface area (TPSA) is 40.0 Å². The fourth-order valence-corrected chi connectivity index (χ4v) is 2.51. The van der Waals surface area contributed by atoms with Gasteiger partial charge in [0.05, 0.1) is 0 Å². The number of ether oxygens (including phenoxy) is 2. The van der Waals surface area contributed by atoms with Crippen molar-refractivity contribution in [2.75, 3.05) is 20.3 Å². The molecule has 2 aromatic carbocycles. The van der Waals surface area contributed by atoms with Crippen molar-refractivity contribution in [3.05, 3.63) is 71.3 Å². The van der Waals surface area contributed by atoms with Crippen molar-refractivity contribution >= 4 is 5.71 Å². The molecule has 0 radical (unpaired) electrons. The molecule has 0 aliphatic rings. The van der Waals surface area contributed by atoms with Crippen molar-refractivity contribution in [1.29, 1.82) is 0 Å². The lowest BCUT2D eigenvalue weighted by molar-refractivity contribution is 0.210. The zero-order chi connectivity index (χ0) is 18.1. The van der Waals surface area contributed by atoms with E-state index < -0.39 is 0 Å². The Morgan fingerprint density at radius 3 is 2.32 bits per heavy atom. The number of rotatable bonds is 8. The first-order chi connectivity index (χ1) is 12.2. The number of aryl methyl sites for hydroxylation is 2. The van der Waals surface area contributed by atoms with Gasteiger partial charge in [0, 0.05) is 5.56 Å². The standard InChI is InChI=1S/C21H25NO3/c1-5-6-12-24-19-13-16(2)21(17(3)14-19)25-15-20(22-23-4)18-10-8-7-9-11-18/h5-11,13-14H,12,15H2,1-4H3/b6-5+,22-20-. The second kappa shape index (κ2) is 9.52. The molecule has 4 nitrogen and oxygen atoms in total. The molecule has 0 fully saturated rings. The van der Waals surface area contributed by atoms with Gasteiger partial charge in [-0.1, -0.05) is 47.6 Å². The lowest BCUT2D eigenvalue weighted by Gasteiger charge is -2.15. The number of allylic oxidation sites excluding steroid dienone is 1. The molecule has 0 saturated carbocycles. The summed E-state index contributed by atoms with van der Waals surface area (Å²) >= 11 is 0. The van der Waals surface area contributed by atoms with E-state index in [1.54, 1.807) is 0 Å². The minimum atomic E-state index is 0.332. The first-order valence-electron chi connectivity index (χ1n) is 8.29. The third-order valence-corrected chi connectivity index (χ3v) is 3.68. The summed E-state index contributed by atoms with van der Waals surface area (Å²) in [4.78, 5) is 4.96. The summed E-state index contributed by atoms with van der Waals surface area (Å²) in [6, 6.07) is 13.8. The zero-order valence-corrected chi connectivity index (χ0v) is 15.3. The van der Waals surface area contributed by atoms with E-state index in [4.69, 9.17) is 14.3 Å². The molecule has 2 rings (SSSR count). The highest BCUT2D eigenvalue weighted by atomic mass is 16.6. The van der Waals surface area contributed by atoms with Crippen LogP contribution < -0.4 is 9.47 Å². The highest BCUT2D eigenvalue weighted by molar-refractivity contribution is 6.01. The van der Waals surface area contributed by atoms with E-state index >= 15 is 0 Å². The molecule has 0 heterocycles. The third-order valence-electron chi connectivity index (χ3n) is 3.68. The van der Waals surface area contributed by atoms with Gasteiger partial charge in [0.2, 0.25) is 0 Å². The lowest BCUT2D eigenvalue weighted by atomic mass is 10.1. The molecule has 0 amide bonds. The van der Waals surface area contributed by atoms with E-state index in [9.17, 15) is 0 Å². The van der Waals surface area contributed by atoms with Gasteiger partial charge in [-0.2, -0.15) is 0 Å². The minimum absolute atomic E-state index is 0.332. The largest absolute Gasteiger partial charge is 0.490 e. The highest BCUT2D eigenvalue weighted by Gasteiger charge is 2.11. The van der Waals surface area contributed by atoms with E-state index in [1.807, 2.05) is 75.4 Å². The van der Waals surface area contributed by atoms with E-state index in [2.05, 4.69) is 5.16 Å². The number of hydrogen-bond acceptors (Lipinski definition) is 4. The van der Waals surface area contributed by atoms with Crippen molar-refractivity contribution < 1.29 is 14.3 Å². The molecule has 0 atom stereocenters. The van der Waals surface area contributed by atoms with E-state index in [0.717, 1.165) is 33.9 Å². The van der Waals surface area contributed by atoms with Crippen molar-refractivity contribution in [3.8, 4) is 11.5 Å². The third kappa shape index (κ3) is 5.38. The number of hydrogen-bond donors (Lipinski definition) is 0. The maximum atomic E-state index is 6.04. The van der Waals surface area contributed by atoms with Gasteiger partial charge in [-0.25, -0.2) is 0 Å². The van der Waals surface area contributed by atoms with Crippen molar-refractivity contribution in [3.63, 3.8) is 0 Å². The molecule has 25 heavy (non-hydrogen) atoms. The van der Waals surface area contributed by atoms with Crippen LogP contribution in [0.4, 0.5) is 0 Å². The highest BCUT2D eigenvalue weighted by Crippen LogP contribution is 2.28. The Morgan fingerprint density at radius 2 is 1.72 bits per heavy atom. The SMILES string of the molecule is C/C=C/COc1cc(C)c(OC/C(=N/OC)c2ccccc2)c(C)c1. The molecule has 4 heteroatoms. The Morgan fingerprint density at radius 1 is 1.04 bits per heavy atom. The summed E-state index contributed by atoms with van der Waals surface area (Å²) in [6.07, 6.45) is 3.94. The molecule has 0 aliphatic heterocycles. The fourth-order valence-electron chi connectivity index (χ4n) is 2.51. The van der Waals surface area contributed by atoms with Crippen LogP contribution in [0.5, 0.6) is 11.5 Å².